The lowest BCUT2D eigenvalue weighted by atomic mass is 10.3. The van der Waals surface area contributed by atoms with Crippen LogP contribution in [0.4, 0.5) is 0 Å². The molecule has 0 aliphatic heterocycles. The Bertz CT molecular complexity index is 244. The molecule has 0 amide bonds. The summed E-state index contributed by atoms with van der Waals surface area (Å²) in [7, 11) is 1.86. The van der Waals surface area contributed by atoms with E-state index in [0.717, 1.165) is 12.0 Å². The van der Waals surface area contributed by atoms with E-state index in [1.165, 1.54) is 0 Å². The molecule has 1 rings (SSSR count). The molecule has 4 nitrogen and oxygen atoms in total. The van der Waals surface area contributed by atoms with Gasteiger partial charge in [-0.25, -0.2) is 0 Å². The van der Waals surface area contributed by atoms with Gasteiger partial charge >= 0.3 is 0 Å². The number of aromatic nitrogens is 2. The molecule has 0 unspecified atom stereocenters. The van der Waals surface area contributed by atoms with E-state index in [1.54, 1.807) is 4.68 Å². The molecule has 68 valence electrons. The topological polar surface area (TPSA) is 53.1 Å². The SMILES string of the molecule is CCCOc1nn(C)cc1CN. The van der Waals surface area contributed by atoms with Crippen LogP contribution < -0.4 is 10.5 Å². The summed E-state index contributed by atoms with van der Waals surface area (Å²) < 4.78 is 7.10. The average Bonchev–Trinajstić information content (AvgIpc) is 2.42. The van der Waals surface area contributed by atoms with Crippen LogP contribution in [0, 0.1) is 0 Å². The second kappa shape index (κ2) is 4.11. The van der Waals surface area contributed by atoms with Crippen molar-refractivity contribution >= 4 is 0 Å². The fourth-order valence-corrected chi connectivity index (χ4v) is 0.977. The van der Waals surface area contributed by atoms with E-state index in [-0.39, 0.29) is 0 Å². The Morgan fingerprint density at radius 1 is 1.67 bits per heavy atom. The number of nitrogens with two attached hydrogens (primary N) is 1. The first-order chi connectivity index (χ1) is 5.77. The van der Waals surface area contributed by atoms with Gasteiger partial charge in [0.1, 0.15) is 0 Å². The summed E-state index contributed by atoms with van der Waals surface area (Å²) in [4.78, 5) is 0. The van der Waals surface area contributed by atoms with E-state index in [4.69, 9.17) is 10.5 Å². The molecule has 1 heterocycles. The van der Waals surface area contributed by atoms with Crippen molar-refractivity contribution in [2.75, 3.05) is 6.61 Å². The zero-order chi connectivity index (χ0) is 8.97. The summed E-state index contributed by atoms with van der Waals surface area (Å²) in [5.74, 6) is 0.668. The molecule has 0 aliphatic rings. The smallest absolute Gasteiger partial charge is 0.237 e. The van der Waals surface area contributed by atoms with Gasteiger partial charge in [-0.2, -0.15) is 0 Å². The van der Waals surface area contributed by atoms with Crippen molar-refractivity contribution < 1.29 is 4.74 Å². The summed E-state index contributed by atoms with van der Waals surface area (Å²) in [5.41, 5.74) is 6.47. The molecule has 2 N–H and O–H groups in total. The average molecular weight is 169 g/mol. The Morgan fingerprint density at radius 3 is 3.00 bits per heavy atom. The van der Waals surface area contributed by atoms with E-state index in [0.29, 0.717) is 19.0 Å². The van der Waals surface area contributed by atoms with Crippen LogP contribution in [0.2, 0.25) is 0 Å². The Hall–Kier alpha value is -1.03. The van der Waals surface area contributed by atoms with Crippen molar-refractivity contribution in [1.29, 1.82) is 0 Å². The first kappa shape index (κ1) is 9.06. The summed E-state index contributed by atoms with van der Waals surface area (Å²) in [6.45, 7) is 3.24. The number of hydrogen-bond acceptors (Lipinski definition) is 3. The fourth-order valence-electron chi connectivity index (χ4n) is 0.977. The Labute approximate surface area is 72.3 Å². The van der Waals surface area contributed by atoms with Crippen LogP contribution in [0.15, 0.2) is 6.20 Å². The van der Waals surface area contributed by atoms with Crippen molar-refractivity contribution in [2.24, 2.45) is 12.8 Å². The van der Waals surface area contributed by atoms with Gasteiger partial charge in [0.05, 0.1) is 6.61 Å². The number of ether oxygens (including phenoxy) is 1. The summed E-state index contributed by atoms with van der Waals surface area (Å²) in [6, 6.07) is 0. The molecular formula is C8H15N3O. The molecule has 0 spiro atoms. The first-order valence-corrected chi connectivity index (χ1v) is 4.13. The van der Waals surface area contributed by atoms with Crippen LogP contribution in [-0.4, -0.2) is 16.4 Å². The molecule has 0 atom stereocenters. The summed E-state index contributed by atoms with van der Waals surface area (Å²) >= 11 is 0. The molecule has 0 radical (unpaired) electrons. The maximum Gasteiger partial charge on any atom is 0.237 e. The zero-order valence-corrected chi connectivity index (χ0v) is 7.58. The highest BCUT2D eigenvalue weighted by atomic mass is 16.5. The van der Waals surface area contributed by atoms with Gasteiger partial charge in [0.15, 0.2) is 0 Å². The third kappa shape index (κ3) is 1.98. The van der Waals surface area contributed by atoms with Crippen LogP contribution in [0.3, 0.4) is 0 Å². The van der Waals surface area contributed by atoms with E-state index in [2.05, 4.69) is 12.0 Å². The standard InChI is InChI=1S/C8H15N3O/c1-3-4-12-8-7(5-9)6-11(2)10-8/h6H,3-5,9H2,1-2H3. The lowest BCUT2D eigenvalue weighted by molar-refractivity contribution is 0.299. The quantitative estimate of drug-likeness (QED) is 0.720. The molecule has 0 saturated carbocycles. The summed E-state index contributed by atoms with van der Waals surface area (Å²) in [6.07, 6.45) is 2.87. The van der Waals surface area contributed by atoms with Crippen LogP contribution in [-0.2, 0) is 13.6 Å². The minimum absolute atomic E-state index is 0.479. The van der Waals surface area contributed by atoms with Gasteiger partial charge in [0.25, 0.3) is 0 Å². The number of aryl methyl sites for hydroxylation is 1. The maximum absolute atomic E-state index is 5.50. The van der Waals surface area contributed by atoms with E-state index in [9.17, 15) is 0 Å². The zero-order valence-electron chi connectivity index (χ0n) is 7.58. The molecule has 0 aliphatic carbocycles. The van der Waals surface area contributed by atoms with Crippen LogP contribution in [0.25, 0.3) is 0 Å². The molecular weight excluding hydrogens is 154 g/mol. The minimum Gasteiger partial charge on any atom is -0.476 e. The van der Waals surface area contributed by atoms with Gasteiger partial charge < -0.3 is 10.5 Å². The number of hydrogen-bond donors (Lipinski definition) is 1. The Kier molecular flexibility index (Phi) is 3.10. The molecule has 12 heavy (non-hydrogen) atoms. The van der Waals surface area contributed by atoms with Crippen LogP contribution in [0.1, 0.15) is 18.9 Å². The van der Waals surface area contributed by atoms with Crippen molar-refractivity contribution in [3.8, 4) is 5.88 Å². The van der Waals surface area contributed by atoms with Gasteiger partial charge in [0.2, 0.25) is 5.88 Å². The third-order valence-electron chi connectivity index (χ3n) is 1.53. The second-order valence-corrected chi connectivity index (χ2v) is 2.69. The lowest BCUT2D eigenvalue weighted by Crippen LogP contribution is -2.01. The van der Waals surface area contributed by atoms with Gasteiger partial charge in [-0.15, -0.1) is 5.10 Å². The summed E-state index contributed by atoms with van der Waals surface area (Å²) in [5, 5.41) is 4.13. The van der Waals surface area contributed by atoms with Gasteiger partial charge in [0, 0.05) is 25.4 Å². The highest BCUT2D eigenvalue weighted by Crippen LogP contribution is 2.14. The second-order valence-electron chi connectivity index (χ2n) is 2.69. The molecule has 0 bridgehead atoms. The third-order valence-corrected chi connectivity index (χ3v) is 1.53. The van der Waals surface area contributed by atoms with Crippen molar-refractivity contribution in [3.05, 3.63) is 11.8 Å². The monoisotopic (exact) mass is 169 g/mol. The normalized spacial score (nSPS) is 10.2. The molecule has 1 aromatic rings. The Morgan fingerprint density at radius 2 is 2.42 bits per heavy atom. The van der Waals surface area contributed by atoms with Gasteiger partial charge in [-0.3, -0.25) is 4.68 Å². The van der Waals surface area contributed by atoms with Crippen LogP contribution in [0.5, 0.6) is 5.88 Å². The molecule has 0 aromatic carbocycles. The van der Waals surface area contributed by atoms with Crippen molar-refractivity contribution in [2.45, 2.75) is 19.9 Å². The van der Waals surface area contributed by atoms with E-state index < -0.39 is 0 Å². The predicted molar refractivity (Wildman–Crippen MR) is 46.9 cm³/mol. The Balaban J connectivity index is 2.68. The van der Waals surface area contributed by atoms with Crippen molar-refractivity contribution in [1.82, 2.24) is 9.78 Å². The lowest BCUT2D eigenvalue weighted by Gasteiger charge is -2.00. The van der Waals surface area contributed by atoms with E-state index in [1.807, 2.05) is 13.2 Å². The van der Waals surface area contributed by atoms with Gasteiger partial charge in [-0.05, 0) is 6.42 Å². The largest absolute Gasteiger partial charge is 0.476 e. The highest BCUT2D eigenvalue weighted by molar-refractivity contribution is 5.22. The van der Waals surface area contributed by atoms with Crippen molar-refractivity contribution in [3.63, 3.8) is 0 Å². The number of rotatable bonds is 4. The molecule has 1 aromatic heterocycles. The fraction of sp³-hybridized carbons (Fsp3) is 0.625. The predicted octanol–water partition coefficient (Wildman–Crippen LogP) is 0.668. The van der Waals surface area contributed by atoms with Crippen LogP contribution >= 0.6 is 0 Å². The first-order valence-electron chi connectivity index (χ1n) is 4.13. The molecule has 0 saturated heterocycles. The maximum atomic E-state index is 5.50. The van der Waals surface area contributed by atoms with Gasteiger partial charge in [-0.1, -0.05) is 6.92 Å². The highest BCUT2D eigenvalue weighted by Gasteiger charge is 2.05. The number of nitrogens with zero attached hydrogens (tertiary/aromatic N) is 2. The van der Waals surface area contributed by atoms with E-state index >= 15 is 0 Å². The molecule has 4 heteroatoms. The molecule has 0 fully saturated rings. The minimum atomic E-state index is 0.479.